The molecule has 0 fully saturated rings. The van der Waals surface area contributed by atoms with Gasteiger partial charge in [0.25, 0.3) is 0 Å². The van der Waals surface area contributed by atoms with Crippen molar-refractivity contribution in [2.24, 2.45) is 0 Å². The van der Waals surface area contributed by atoms with E-state index in [2.05, 4.69) is 20.7 Å². The number of alkyl halides is 3. The topological polar surface area (TPSA) is 9.23 Å². The van der Waals surface area contributed by atoms with Crippen LogP contribution in [0.25, 0.3) is 11.1 Å². The average molecular weight is 345 g/mol. The molecule has 0 N–H and O–H groups in total. The fourth-order valence-corrected chi connectivity index (χ4v) is 2.41. The Labute approximate surface area is 123 Å². The highest BCUT2D eigenvalue weighted by Crippen LogP contribution is 2.31. The highest BCUT2D eigenvalue weighted by Gasteiger charge is 2.31. The highest BCUT2D eigenvalue weighted by atomic mass is 79.9. The van der Waals surface area contributed by atoms with E-state index >= 15 is 0 Å². The van der Waals surface area contributed by atoms with Crippen molar-refractivity contribution in [3.63, 3.8) is 0 Å². The Kier molecular flexibility index (Phi) is 4.38. The van der Waals surface area contributed by atoms with Crippen LogP contribution in [0.3, 0.4) is 0 Å². The van der Waals surface area contributed by atoms with Gasteiger partial charge in [-0.15, -0.1) is 13.2 Å². The molecule has 0 saturated carbocycles. The normalized spacial score (nSPS) is 11.4. The number of ether oxygens (including phenoxy) is 1. The molecule has 0 heterocycles. The Balaban J connectivity index is 2.41. The number of rotatable bonds is 3. The average Bonchev–Trinajstić information content (AvgIpc) is 2.36. The third-order valence-corrected chi connectivity index (χ3v) is 3.32. The molecule has 0 unspecified atom stereocenters. The van der Waals surface area contributed by atoms with Crippen molar-refractivity contribution >= 4 is 15.9 Å². The second-order valence-electron chi connectivity index (χ2n) is 4.23. The second kappa shape index (κ2) is 5.87. The monoisotopic (exact) mass is 344 g/mol. The fraction of sp³-hybridized carbons (Fsp3) is 0.200. The van der Waals surface area contributed by atoms with E-state index in [1.165, 1.54) is 12.1 Å². The van der Waals surface area contributed by atoms with Crippen molar-refractivity contribution in [1.82, 2.24) is 0 Å². The molecule has 0 aliphatic carbocycles. The van der Waals surface area contributed by atoms with Crippen molar-refractivity contribution in [2.45, 2.75) is 19.7 Å². The van der Waals surface area contributed by atoms with E-state index in [0.717, 1.165) is 22.0 Å². The van der Waals surface area contributed by atoms with Crippen LogP contribution in [0.4, 0.5) is 13.2 Å². The van der Waals surface area contributed by atoms with Crippen molar-refractivity contribution in [3.05, 3.63) is 52.5 Å². The molecule has 0 spiro atoms. The zero-order chi connectivity index (χ0) is 14.8. The van der Waals surface area contributed by atoms with Gasteiger partial charge in [-0.3, -0.25) is 0 Å². The van der Waals surface area contributed by atoms with Gasteiger partial charge in [0, 0.05) is 4.47 Å². The van der Waals surface area contributed by atoms with E-state index in [1.54, 1.807) is 12.1 Å². The Morgan fingerprint density at radius 1 is 1.10 bits per heavy atom. The standard InChI is InChI=1S/C15H12BrF3O/c1-2-10-8-12(16)6-7-14(10)11-4-3-5-13(9-11)20-15(17,18)19/h3-9H,2H2,1H3. The first-order chi connectivity index (χ1) is 9.39. The minimum Gasteiger partial charge on any atom is -0.406 e. The van der Waals surface area contributed by atoms with E-state index in [-0.39, 0.29) is 5.75 Å². The lowest BCUT2D eigenvalue weighted by molar-refractivity contribution is -0.274. The van der Waals surface area contributed by atoms with Crippen molar-refractivity contribution < 1.29 is 17.9 Å². The molecule has 0 atom stereocenters. The van der Waals surface area contributed by atoms with Crippen LogP contribution in [-0.2, 0) is 6.42 Å². The summed E-state index contributed by atoms with van der Waals surface area (Å²) in [5.41, 5.74) is 2.67. The zero-order valence-electron chi connectivity index (χ0n) is 10.7. The fourth-order valence-electron chi connectivity index (χ4n) is 2.00. The van der Waals surface area contributed by atoms with Crippen LogP contribution < -0.4 is 4.74 Å². The molecule has 2 rings (SSSR count). The zero-order valence-corrected chi connectivity index (χ0v) is 12.3. The van der Waals surface area contributed by atoms with E-state index in [0.29, 0.717) is 5.56 Å². The lowest BCUT2D eigenvalue weighted by Crippen LogP contribution is -2.17. The summed E-state index contributed by atoms with van der Waals surface area (Å²) in [5.74, 6) is -0.208. The third kappa shape index (κ3) is 3.76. The van der Waals surface area contributed by atoms with Crippen LogP contribution in [0.1, 0.15) is 12.5 Å². The summed E-state index contributed by atoms with van der Waals surface area (Å²) in [6, 6.07) is 11.7. The van der Waals surface area contributed by atoms with Gasteiger partial charge >= 0.3 is 6.36 Å². The molecule has 1 nitrogen and oxygen atoms in total. The smallest absolute Gasteiger partial charge is 0.406 e. The van der Waals surface area contributed by atoms with Crippen LogP contribution in [-0.4, -0.2) is 6.36 Å². The van der Waals surface area contributed by atoms with Crippen molar-refractivity contribution in [3.8, 4) is 16.9 Å². The summed E-state index contributed by atoms with van der Waals surface area (Å²) in [6.07, 6.45) is -3.88. The molecule has 2 aromatic rings. The number of halogens is 4. The maximum absolute atomic E-state index is 12.2. The van der Waals surface area contributed by atoms with E-state index in [1.807, 2.05) is 25.1 Å². The molecule has 106 valence electrons. The summed E-state index contributed by atoms with van der Waals surface area (Å²) in [7, 11) is 0. The van der Waals surface area contributed by atoms with Crippen LogP contribution in [0.5, 0.6) is 5.75 Å². The molecule has 0 aliphatic heterocycles. The van der Waals surface area contributed by atoms with Gasteiger partial charge in [0.2, 0.25) is 0 Å². The molecule has 0 amide bonds. The van der Waals surface area contributed by atoms with Crippen LogP contribution in [0.15, 0.2) is 46.9 Å². The van der Waals surface area contributed by atoms with Gasteiger partial charge in [-0.1, -0.05) is 41.1 Å². The molecule has 20 heavy (non-hydrogen) atoms. The maximum Gasteiger partial charge on any atom is 0.573 e. The summed E-state index contributed by atoms with van der Waals surface area (Å²) < 4.78 is 41.6. The summed E-state index contributed by atoms with van der Waals surface area (Å²) in [6.45, 7) is 2.00. The molecule has 0 bridgehead atoms. The Morgan fingerprint density at radius 3 is 2.50 bits per heavy atom. The Bertz CT molecular complexity index is 608. The van der Waals surface area contributed by atoms with Gasteiger partial charge in [0.1, 0.15) is 5.75 Å². The maximum atomic E-state index is 12.2. The second-order valence-corrected chi connectivity index (χ2v) is 5.15. The van der Waals surface area contributed by atoms with Crippen molar-refractivity contribution in [2.75, 3.05) is 0 Å². The van der Waals surface area contributed by atoms with E-state index in [9.17, 15) is 13.2 Å². The first kappa shape index (κ1) is 14.9. The molecule has 0 saturated heterocycles. The molecule has 0 aromatic heterocycles. The third-order valence-electron chi connectivity index (χ3n) is 2.83. The number of hydrogen-bond acceptors (Lipinski definition) is 1. The Morgan fingerprint density at radius 2 is 1.85 bits per heavy atom. The van der Waals surface area contributed by atoms with E-state index in [4.69, 9.17) is 0 Å². The van der Waals surface area contributed by atoms with Crippen molar-refractivity contribution in [1.29, 1.82) is 0 Å². The molecule has 0 aliphatic rings. The number of benzene rings is 2. The summed E-state index contributed by atoms with van der Waals surface area (Å²) >= 11 is 3.39. The van der Waals surface area contributed by atoms with Gasteiger partial charge in [-0.05, 0) is 47.4 Å². The molecular weight excluding hydrogens is 333 g/mol. The summed E-state index contributed by atoms with van der Waals surface area (Å²) in [5, 5.41) is 0. The number of aryl methyl sites for hydroxylation is 1. The molecular formula is C15H12BrF3O. The molecule has 2 aromatic carbocycles. The first-order valence-electron chi connectivity index (χ1n) is 6.03. The van der Waals surface area contributed by atoms with Gasteiger partial charge < -0.3 is 4.74 Å². The predicted octanol–water partition coefficient (Wildman–Crippen LogP) is 5.58. The number of hydrogen-bond donors (Lipinski definition) is 0. The highest BCUT2D eigenvalue weighted by molar-refractivity contribution is 9.10. The predicted molar refractivity (Wildman–Crippen MR) is 75.6 cm³/mol. The van der Waals surface area contributed by atoms with Crippen LogP contribution >= 0.6 is 15.9 Å². The lowest BCUT2D eigenvalue weighted by atomic mass is 9.98. The SMILES string of the molecule is CCc1cc(Br)ccc1-c1cccc(OC(F)(F)F)c1. The largest absolute Gasteiger partial charge is 0.573 e. The van der Waals surface area contributed by atoms with Gasteiger partial charge in [-0.2, -0.15) is 0 Å². The molecule has 0 radical (unpaired) electrons. The van der Waals surface area contributed by atoms with Gasteiger partial charge in [0.15, 0.2) is 0 Å². The first-order valence-corrected chi connectivity index (χ1v) is 6.83. The van der Waals surface area contributed by atoms with E-state index < -0.39 is 6.36 Å². The van der Waals surface area contributed by atoms with Crippen LogP contribution in [0, 0.1) is 0 Å². The minimum absolute atomic E-state index is 0.208. The van der Waals surface area contributed by atoms with Gasteiger partial charge in [-0.25, -0.2) is 0 Å². The molecule has 5 heteroatoms. The summed E-state index contributed by atoms with van der Waals surface area (Å²) in [4.78, 5) is 0. The van der Waals surface area contributed by atoms with Gasteiger partial charge in [0.05, 0.1) is 0 Å². The minimum atomic E-state index is -4.67. The quantitative estimate of drug-likeness (QED) is 0.706. The Hall–Kier alpha value is -1.49. The van der Waals surface area contributed by atoms with Crippen LogP contribution in [0.2, 0.25) is 0 Å². The lowest BCUT2D eigenvalue weighted by Gasteiger charge is -2.12.